The number of nitrogens with two attached hydrogens (primary N) is 1. The highest BCUT2D eigenvalue weighted by Crippen LogP contribution is 2.14. The van der Waals surface area contributed by atoms with Gasteiger partial charge >= 0.3 is 0 Å². The number of unbranched alkanes of at least 4 members (excludes halogenated alkanes) is 30. The first-order chi connectivity index (χ1) is 31.5. The predicted octanol–water partition coefficient (Wildman–Crippen LogP) is 19.2. The van der Waals surface area contributed by atoms with Gasteiger partial charge in [-0.1, -0.05) is 243 Å². The van der Waals surface area contributed by atoms with Crippen LogP contribution in [0.1, 0.15) is 285 Å². The molecule has 0 aliphatic rings. The molecule has 0 bridgehead atoms. The Bertz CT molecular complexity index is 942. The van der Waals surface area contributed by atoms with Crippen LogP contribution in [0, 0.1) is 0 Å². The third-order valence-corrected chi connectivity index (χ3v) is 12.7. The maximum atomic E-state index is 6.17. The molecule has 0 amide bonds. The van der Waals surface area contributed by atoms with Gasteiger partial charge in [0.05, 0.1) is 13.2 Å². The van der Waals surface area contributed by atoms with Crippen molar-refractivity contribution in [3.05, 3.63) is 48.6 Å². The largest absolute Gasteiger partial charge is 0.380 e. The zero-order chi connectivity index (χ0) is 46.9. The SMILES string of the molecule is CCCCC/C=C\C/C=C\CCCCCCCCOC[C@@H](N)CCCCCCCCC.CCCCC/C=C\C/C=C\CCCCCCCCOC[C@H](CCCCCCCCC)N(C)C. The highest BCUT2D eigenvalue weighted by atomic mass is 16.5. The van der Waals surface area contributed by atoms with Crippen LogP contribution in [-0.2, 0) is 9.47 Å². The van der Waals surface area contributed by atoms with Gasteiger partial charge in [-0.05, 0) is 104 Å². The summed E-state index contributed by atoms with van der Waals surface area (Å²) in [6.07, 6.45) is 71.5. The normalized spacial score (nSPS) is 13.1. The first-order valence-corrected chi connectivity index (χ1v) is 28.7. The third-order valence-electron chi connectivity index (χ3n) is 12.7. The average molecular weight is 900 g/mol. The molecule has 0 aliphatic carbocycles. The van der Waals surface area contributed by atoms with Crippen LogP contribution in [0.4, 0.5) is 0 Å². The highest BCUT2D eigenvalue weighted by molar-refractivity contribution is 4.93. The van der Waals surface area contributed by atoms with E-state index in [-0.39, 0.29) is 6.04 Å². The van der Waals surface area contributed by atoms with Crippen molar-refractivity contribution in [3.63, 3.8) is 0 Å². The predicted molar refractivity (Wildman–Crippen MR) is 291 cm³/mol. The minimum Gasteiger partial charge on any atom is -0.380 e. The van der Waals surface area contributed by atoms with Crippen molar-refractivity contribution < 1.29 is 9.47 Å². The fourth-order valence-corrected chi connectivity index (χ4v) is 8.11. The number of likely N-dealkylation sites (N-methyl/N-ethyl adjacent to an activating group) is 1. The molecule has 0 heterocycles. The second-order valence-corrected chi connectivity index (χ2v) is 19.5. The van der Waals surface area contributed by atoms with Gasteiger partial charge < -0.3 is 20.1 Å². The van der Waals surface area contributed by atoms with Crippen LogP contribution in [0.2, 0.25) is 0 Å². The second kappa shape index (κ2) is 59.8. The van der Waals surface area contributed by atoms with Crippen LogP contribution in [0.5, 0.6) is 0 Å². The molecule has 4 nitrogen and oxygen atoms in total. The van der Waals surface area contributed by atoms with E-state index in [9.17, 15) is 0 Å². The zero-order valence-corrected chi connectivity index (χ0v) is 44.7. The number of hydrogen-bond donors (Lipinski definition) is 1. The van der Waals surface area contributed by atoms with Gasteiger partial charge in [-0.25, -0.2) is 0 Å². The third kappa shape index (κ3) is 58.8. The minimum absolute atomic E-state index is 0.236. The van der Waals surface area contributed by atoms with Crippen molar-refractivity contribution in [3.8, 4) is 0 Å². The van der Waals surface area contributed by atoms with Crippen molar-refractivity contribution in [2.45, 2.75) is 297 Å². The fraction of sp³-hybridized carbons (Fsp3) is 0.867. The molecule has 0 fully saturated rings. The Labute approximate surface area is 404 Å². The van der Waals surface area contributed by atoms with E-state index in [1.165, 1.54) is 238 Å². The van der Waals surface area contributed by atoms with Gasteiger partial charge in [-0.3, -0.25) is 0 Å². The zero-order valence-electron chi connectivity index (χ0n) is 44.7. The first-order valence-electron chi connectivity index (χ1n) is 28.7. The van der Waals surface area contributed by atoms with E-state index in [4.69, 9.17) is 15.2 Å². The fourth-order valence-electron chi connectivity index (χ4n) is 8.11. The number of ether oxygens (including phenoxy) is 2. The van der Waals surface area contributed by atoms with E-state index < -0.39 is 0 Å². The molecule has 0 radical (unpaired) electrons. The van der Waals surface area contributed by atoms with Gasteiger partial charge in [-0.15, -0.1) is 0 Å². The number of nitrogens with zero attached hydrogens (tertiary/aromatic N) is 1. The highest BCUT2D eigenvalue weighted by Gasteiger charge is 2.11. The second-order valence-electron chi connectivity index (χ2n) is 19.5. The lowest BCUT2D eigenvalue weighted by molar-refractivity contribution is 0.0721. The smallest absolute Gasteiger partial charge is 0.0621 e. The molecule has 0 spiro atoms. The summed E-state index contributed by atoms with van der Waals surface area (Å²) in [5.74, 6) is 0. The van der Waals surface area contributed by atoms with E-state index in [1.807, 2.05) is 0 Å². The summed E-state index contributed by atoms with van der Waals surface area (Å²) in [6, 6.07) is 0.825. The Morgan fingerprint density at radius 3 is 1.03 bits per heavy atom. The number of hydrogen-bond acceptors (Lipinski definition) is 4. The number of rotatable bonds is 51. The van der Waals surface area contributed by atoms with Gasteiger partial charge in [0, 0.05) is 25.3 Å². The summed E-state index contributed by atoms with van der Waals surface area (Å²) < 4.78 is 11.8. The van der Waals surface area contributed by atoms with Crippen molar-refractivity contribution in [1.29, 1.82) is 0 Å². The molecule has 0 saturated heterocycles. The van der Waals surface area contributed by atoms with Crippen LogP contribution in [0.15, 0.2) is 48.6 Å². The van der Waals surface area contributed by atoms with Gasteiger partial charge in [0.1, 0.15) is 0 Å². The first kappa shape index (κ1) is 64.9. The monoisotopic (exact) mass is 899 g/mol. The Morgan fingerprint density at radius 2 is 0.641 bits per heavy atom. The molecule has 0 saturated carbocycles. The van der Waals surface area contributed by atoms with Crippen LogP contribution in [0.25, 0.3) is 0 Å². The molecule has 64 heavy (non-hydrogen) atoms. The Hall–Kier alpha value is -1.20. The van der Waals surface area contributed by atoms with Gasteiger partial charge in [0.2, 0.25) is 0 Å². The minimum atomic E-state index is 0.236. The summed E-state index contributed by atoms with van der Waals surface area (Å²) >= 11 is 0. The maximum Gasteiger partial charge on any atom is 0.0621 e. The summed E-state index contributed by atoms with van der Waals surface area (Å²) in [7, 11) is 4.41. The van der Waals surface area contributed by atoms with Gasteiger partial charge in [0.25, 0.3) is 0 Å². The Morgan fingerprint density at radius 1 is 0.344 bits per heavy atom. The molecule has 0 aromatic carbocycles. The summed E-state index contributed by atoms with van der Waals surface area (Å²) in [4.78, 5) is 2.36. The lowest BCUT2D eigenvalue weighted by atomic mass is 10.0. The lowest BCUT2D eigenvalue weighted by Gasteiger charge is -2.24. The van der Waals surface area contributed by atoms with Crippen molar-refractivity contribution >= 4 is 0 Å². The molecule has 380 valence electrons. The van der Waals surface area contributed by atoms with Crippen LogP contribution in [0.3, 0.4) is 0 Å². The summed E-state index contributed by atoms with van der Waals surface area (Å²) in [6.45, 7) is 12.6. The topological polar surface area (TPSA) is 47.7 Å². The van der Waals surface area contributed by atoms with Crippen LogP contribution >= 0.6 is 0 Å². The molecular formula is C60H118N2O2. The van der Waals surface area contributed by atoms with Crippen LogP contribution in [-0.4, -0.2) is 57.5 Å². The van der Waals surface area contributed by atoms with Gasteiger partial charge in [-0.2, -0.15) is 0 Å². The van der Waals surface area contributed by atoms with Crippen molar-refractivity contribution in [2.75, 3.05) is 40.5 Å². The maximum absolute atomic E-state index is 6.17. The van der Waals surface area contributed by atoms with Crippen molar-refractivity contribution in [1.82, 2.24) is 4.90 Å². The molecule has 2 N–H and O–H groups in total. The lowest BCUT2D eigenvalue weighted by Crippen LogP contribution is -2.32. The molecule has 0 aromatic heterocycles. The molecule has 0 aliphatic heterocycles. The quantitative estimate of drug-likeness (QED) is 0.0488. The molecule has 0 unspecified atom stereocenters. The van der Waals surface area contributed by atoms with Crippen LogP contribution < -0.4 is 5.73 Å². The van der Waals surface area contributed by atoms with E-state index in [1.54, 1.807) is 0 Å². The summed E-state index contributed by atoms with van der Waals surface area (Å²) in [5.41, 5.74) is 6.17. The molecule has 2 atom stereocenters. The average Bonchev–Trinajstić information content (AvgIpc) is 3.29. The van der Waals surface area contributed by atoms with Gasteiger partial charge in [0.15, 0.2) is 0 Å². The standard InChI is InChI=1S/C31H61NO.C29H57NO/c1-5-7-9-11-13-14-15-16-17-18-19-20-21-23-25-27-29-33-30-31(32(3)4)28-26-24-22-12-10-8-6-2;1-3-5-7-9-11-12-13-14-15-16-17-18-19-21-23-25-27-31-28-29(30)26-24-22-20-10-8-6-4-2/h13-14,16-17,31H,5-12,15,18-30H2,1-4H3;11-12,14-15,29H,3-10,13,16-28,30H2,1-2H3/b14-13-,17-16-;12-11-,15-14-/t31-;29-/m00/s1. The number of allylic oxidation sites excluding steroid dienone is 8. The molecular weight excluding hydrogens is 781 g/mol. The van der Waals surface area contributed by atoms with E-state index in [0.29, 0.717) is 6.04 Å². The van der Waals surface area contributed by atoms with Crippen molar-refractivity contribution in [2.24, 2.45) is 5.73 Å². The molecule has 4 heteroatoms. The summed E-state index contributed by atoms with van der Waals surface area (Å²) in [5, 5.41) is 0. The molecule has 0 rings (SSSR count). The van der Waals surface area contributed by atoms with E-state index >= 15 is 0 Å². The van der Waals surface area contributed by atoms with E-state index in [2.05, 4.69) is 95.3 Å². The van der Waals surface area contributed by atoms with E-state index in [0.717, 1.165) is 45.7 Å². The molecule has 0 aromatic rings. The Kier molecular flexibility index (Phi) is 60.6. The Balaban J connectivity index is 0.